The van der Waals surface area contributed by atoms with Crippen molar-refractivity contribution >= 4 is 29.3 Å². The lowest BCUT2D eigenvalue weighted by atomic mass is 10.5. The van der Waals surface area contributed by atoms with E-state index < -0.39 is 5.97 Å². The van der Waals surface area contributed by atoms with Crippen molar-refractivity contribution in [2.24, 2.45) is 0 Å². The molecule has 0 unspecified atom stereocenters. The molecule has 1 aromatic rings. The van der Waals surface area contributed by atoms with Gasteiger partial charge in [0.25, 0.3) is 0 Å². The van der Waals surface area contributed by atoms with Gasteiger partial charge < -0.3 is 5.11 Å². The van der Waals surface area contributed by atoms with Gasteiger partial charge in [-0.05, 0) is 0 Å². The molecule has 1 aromatic heterocycles. The molecule has 14 heavy (non-hydrogen) atoms. The molecule has 0 bridgehead atoms. The van der Waals surface area contributed by atoms with Gasteiger partial charge in [-0.2, -0.15) is 11.8 Å². The van der Waals surface area contributed by atoms with Crippen LogP contribution >= 0.6 is 23.4 Å². The maximum atomic E-state index is 10.2. The van der Waals surface area contributed by atoms with Crippen LogP contribution in [0.5, 0.6) is 0 Å². The normalized spacial score (nSPS) is 10.1. The minimum absolute atomic E-state index is 0.172. The van der Waals surface area contributed by atoms with E-state index in [0.717, 1.165) is 5.69 Å². The molecule has 0 amide bonds. The van der Waals surface area contributed by atoms with Crippen LogP contribution < -0.4 is 0 Å². The molecular weight excluding hydrogens is 224 g/mol. The van der Waals surface area contributed by atoms with Gasteiger partial charge in [-0.15, -0.1) is 0 Å². The number of nitrogens with zero attached hydrogens (tertiary/aromatic N) is 2. The van der Waals surface area contributed by atoms with E-state index in [-0.39, 0.29) is 6.42 Å². The van der Waals surface area contributed by atoms with Crippen LogP contribution in [0, 0.1) is 0 Å². The fraction of sp³-hybridized carbons (Fsp3) is 0.375. The molecule has 1 rings (SSSR count). The third-order valence-electron chi connectivity index (χ3n) is 1.38. The number of aromatic nitrogens is 2. The van der Waals surface area contributed by atoms with Crippen LogP contribution in [0.4, 0.5) is 0 Å². The molecule has 0 radical (unpaired) electrons. The lowest BCUT2D eigenvalue weighted by Crippen LogP contribution is -1.97. The summed E-state index contributed by atoms with van der Waals surface area (Å²) in [6, 6.07) is 0. The monoisotopic (exact) mass is 232 g/mol. The Morgan fingerprint density at radius 3 is 2.86 bits per heavy atom. The number of rotatable bonds is 5. The Morgan fingerprint density at radius 1 is 1.50 bits per heavy atom. The molecule has 1 heterocycles. The zero-order chi connectivity index (χ0) is 10.4. The van der Waals surface area contributed by atoms with Crippen molar-refractivity contribution in [1.29, 1.82) is 0 Å². The Kier molecular flexibility index (Phi) is 4.69. The van der Waals surface area contributed by atoms with Gasteiger partial charge in [-0.3, -0.25) is 9.78 Å². The Balaban J connectivity index is 2.25. The fourth-order valence-electron chi connectivity index (χ4n) is 0.750. The Hall–Kier alpha value is -0.810. The highest BCUT2D eigenvalue weighted by Gasteiger charge is 1.99. The quantitative estimate of drug-likeness (QED) is 0.785. The van der Waals surface area contributed by atoms with Crippen LogP contribution in [0.2, 0.25) is 5.15 Å². The zero-order valence-electron chi connectivity index (χ0n) is 7.31. The van der Waals surface area contributed by atoms with Gasteiger partial charge >= 0.3 is 5.97 Å². The fourth-order valence-corrected chi connectivity index (χ4v) is 1.67. The maximum Gasteiger partial charge on any atom is 0.304 e. The van der Waals surface area contributed by atoms with Gasteiger partial charge in [-0.25, -0.2) is 4.98 Å². The first-order chi connectivity index (χ1) is 6.68. The number of carboxylic acid groups (broad SMARTS) is 1. The van der Waals surface area contributed by atoms with E-state index in [9.17, 15) is 4.79 Å². The number of hydrogen-bond donors (Lipinski definition) is 1. The minimum Gasteiger partial charge on any atom is -0.481 e. The molecule has 6 heteroatoms. The van der Waals surface area contributed by atoms with E-state index in [1.54, 1.807) is 6.20 Å². The van der Waals surface area contributed by atoms with E-state index >= 15 is 0 Å². The molecule has 0 atom stereocenters. The van der Waals surface area contributed by atoms with E-state index in [4.69, 9.17) is 16.7 Å². The van der Waals surface area contributed by atoms with Gasteiger partial charge in [-0.1, -0.05) is 11.6 Å². The number of aliphatic carboxylic acids is 1. The molecule has 0 fully saturated rings. The Bertz CT molecular complexity index is 305. The van der Waals surface area contributed by atoms with Gasteiger partial charge in [0.15, 0.2) is 0 Å². The van der Waals surface area contributed by atoms with Crippen molar-refractivity contribution in [3.05, 3.63) is 23.2 Å². The average Bonchev–Trinajstić information content (AvgIpc) is 2.15. The molecule has 0 saturated heterocycles. The zero-order valence-corrected chi connectivity index (χ0v) is 8.88. The summed E-state index contributed by atoms with van der Waals surface area (Å²) in [4.78, 5) is 18.1. The molecule has 4 nitrogen and oxygen atoms in total. The largest absolute Gasteiger partial charge is 0.481 e. The summed E-state index contributed by atoms with van der Waals surface area (Å²) < 4.78 is 0. The van der Waals surface area contributed by atoms with Crippen LogP contribution in [-0.4, -0.2) is 26.8 Å². The summed E-state index contributed by atoms with van der Waals surface area (Å²) in [6.07, 6.45) is 3.25. The summed E-state index contributed by atoms with van der Waals surface area (Å²) >= 11 is 7.07. The molecule has 0 spiro atoms. The third-order valence-corrected chi connectivity index (χ3v) is 2.57. The molecular formula is C8H9ClN2O2S. The van der Waals surface area contributed by atoms with Crippen LogP contribution in [0.1, 0.15) is 12.1 Å². The van der Waals surface area contributed by atoms with Crippen molar-refractivity contribution in [3.63, 3.8) is 0 Å². The highest BCUT2D eigenvalue weighted by atomic mass is 35.5. The molecule has 76 valence electrons. The molecule has 0 aromatic carbocycles. The number of halogens is 1. The minimum atomic E-state index is -0.778. The third kappa shape index (κ3) is 4.43. The van der Waals surface area contributed by atoms with E-state index in [2.05, 4.69) is 9.97 Å². The highest BCUT2D eigenvalue weighted by molar-refractivity contribution is 7.98. The van der Waals surface area contributed by atoms with Crippen molar-refractivity contribution in [1.82, 2.24) is 9.97 Å². The smallest absolute Gasteiger partial charge is 0.304 e. The topological polar surface area (TPSA) is 63.1 Å². The van der Waals surface area contributed by atoms with Crippen molar-refractivity contribution in [2.45, 2.75) is 12.2 Å². The van der Waals surface area contributed by atoms with Gasteiger partial charge in [0.05, 0.1) is 24.5 Å². The van der Waals surface area contributed by atoms with Crippen LogP contribution in [0.3, 0.4) is 0 Å². The average molecular weight is 233 g/mol. The number of carbonyl (C=O) groups is 1. The van der Waals surface area contributed by atoms with Crippen LogP contribution in [-0.2, 0) is 10.5 Å². The second-order valence-electron chi connectivity index (χ2n) is 2.53. The van der Waals surface area contributed by atoms with E-state index in [0.29, 0.717) is 16.7 Å². The Morgan fingerprint density at radius 2 is 2.29 bits per heavy atom. The predicted molar refractivity (Wildman–Crippen MR) is 55.5 cm³/mol. The van der Waals surface area contributed by atoms with Gasteiger partial charge in [0.1, 0.15) is 5.15 Å². The number of thioether (sulfide) groups is 1. The second kappa shape index (κ2) is 5.82. The molecule has 0 aliphatic carbocycles. The van der Waals surface area contributed by atoms with E-state index in [1.807, 2.05) is 0 Å². The first kappa shape index (κ1) is 11.3. The second-order valence-corrected chi connectivity index (χ2v) is 4.02. The maximum absolute atomic E-state index is 10.2. The van der Waals surface area contributed by atoms with Crippen molar-refractivity contribution in [2.75, 3.05) is 5.75 Å². The standard InChI is InChI=1S/C8H9ClN2O2S/c9-7-4-10-6(3-11-7)5-14-2-1-8(12)13/h3-4H,1-2,5H2,(H,12,13). The highest BCUT2D eigenvalue weighted by Crippen LogP contribution is 2.11. The van der Waals surface area contributed by atoms with E-state index in [1.165, 1.54) is 18.0 Å². The summed E-state index contributed by atoms with van der Waals surface area (Å²) in [5.74, 6) is 0.469. The van der Waals surface area contributed by atoms with Crippen LogP contribution in [0.25, 0.3) is 0 Å². The summed E-state index contributed by atoms with van der Waals surface area (Å²) in [7, 11) is 0. The van der Waals surface area contributed by atoms with Gasteiger partial charge in [0, 0.05) is 11.5 Å². The summed E-state index contributed by atoms with van der Waals surface area (Å²) in [6.45, 7) is 0. The first-order valence-electron chi connectivity index (χ1n) is 3.94. The molecule has 0 aliphatic rings. The summed E-state index contributed by atoms with van der Waals surface area (Å²) in [5.41, 5.74) is 0.810. The molecule has 0 saturated carbocycles. The number of hydrogen-bond acceptors (Lipinski definition) is 4. The van der Waals surface area contributed by atoms with Crippen molar-refractivity contribution < 1.29 is 9.90 Å². The van der Waals surface area contributed by atoms with Gasteiger partial charge in [0.2, 0.25) is 0 Å². The Labute approximate surface area is 90.7 Å². The van der Waals surface area contributed by atoms with Crippen molar-refractivity contribution in [3.8, 4) is 0 Å². The molecule has 1 N–H and O–H groups in total. The molecule has 0 aliphatic heterocycles. The van der Waals surface area contributed by atoms with Crippen LogP contribution in [0.15, 0.2) is 12.4 Å². The lowest BCUT2D eigenvalue weighted by Gasteiger charge is -1.98. The SMILES string of the molecule is O=C(O)CCSCc1cnc(Cl)cn1. The summed E-state index contributed by atoms with van der Waals surface area (Å²) in [5, 5.41) is 8.75. The first-order valence-corrected chi connectivity index (χ1v) is 5.47. The number of carboxylic acids is 1. The lowest BCUT2D eigenvalue weighted by molar-refractivity contribution is -0.136. The predicted octanol–water partition coefficient (Wildman–Crippen LogP) is 1.84.